The van der Waals surface area contributed by atoms with Crippen LogP contribution < -0.4 is 9.80 Å². The van der Waals surface area contributed by atoms with Gasteiger partial charge < -0.3 is 9.32 Å². The minimum Gasteiger partial charge on any atom is -0.456 e. The Labute approximate surface area is 395 Å². The average Bonchev–Trinajstić information content (AvgIpc) is 4.01. The zero-order valence-corrected chi connectivity index (χ0v) is 37.8. The maximum atomic E-state index is 6.67. The van der Waals surface area contributed by atoms with Gasteiger partial charge in [-0.1, -0.05) is 153 Å². The van der Waals surface area contributed by atoms with Gasteiger partial charge in [0.1, 0.15) is 17.0 Å². The van der Waals surface area contributed by atoms with E-state index in [2.05, 4.69) is 253 Å². The van der Waals surface area contributed by atoms with Gasteiger partial charge in [-0.15, -0.1) is 0 Å². The largest absolute Gasteiger partial charge is 0.456 e. The van der Waals surface area contributed by atoms with Crippen LogP contribution in [-0.2, 0) is 11.8 Å². The van der Waals surface area contributed by atoms with Crippen LogP contribution >= 0.6 is 0 Å². The third-order valence-electron chi connectivity index (χ3n) is 14.8. The first-order valence-corrected chi connectivity index (χ1v) is 23.6. The van der Waals surface area contributed by atoms with Gasteiger partial charge in [-0.05, 0) is 129 Å². The molecule has 1 aliphatic heterocycles. The van der Waals surface area contributed by atoms with Crippen molar-refractivity contribution in [2.75, 3.05) is 9.80 Å². The van der Waals surface area contributed by atoms with E-state index in [1.54, 1.807) is 0 Å². The number of anilines is 6. The van der Waals surface area contributed by atoms with Crippen molar-refractivity contribution < 1.29 is 4.42 Å². The lowest BCUT2D eigenvalue weighted by atomic mass is 9.82. The standard InChI is InChI=1S/C64H45N3O/c1-64(2)56-38-47(65(46-28-25-42(26-29-46)41-15-5-3-6-16-41)49-32-35-54-61(40-49)68-60-36-27-43-17-9-11-21-50(43)62(54)60)30-33-51(56)52-34-31-48(39-57(52)64)67-58-23-13-10-18-44(58)37-55-53-22-12-14-24-59(53)66(63(55)67)45-19-7-4-8-20-45/h3-36,38-40H,37H2,1-2H3. The number of rotatable bonds is 6. The lowest BCUT2D eigenvalue weighted by Gasteiger charge is -2.34. The average molecular weight is 872 g/mol. The molecule has 14 rings (SSSR count). The Morgan fingerprint density at radius 2 is 1.12 bits per heavy atom. The molecule has 0 saturated heterocycles. The second-order valence-electron chi connectivity index (χ2n) is 18.9. The van der Waals surface area contributed by atoms with Crippen LogP contribution in [0, 0.1) is 0 Å². The molecule has 12 aromatic rings. The number of aromatic nitrogens is 1. The van der Waals surface area contributed by atoms with Crippen LogP contribution in [0.1, 0.15) is 36.1 Å². The summed E-state index contributed by atoms with van der Waals surface area (Å²) in [6.07, 6.45) is 0.874. The van der Waals surface area contributed by atoms with E-state index >= 15 is 0 Å². The normalized spacial score (nSPS) is 13.5. The van der Waals surface area contributed by atoms with Gasteiger partial charge >= 0.3 is 0 Å². The number of hydrogen-bond donors (Lipinski definition) is 0. The van der Waals surface area contributed by atoms with Gasteiger partial charge in [-0.3, -0.25) is 9.47 Å². The van der Waals surface area contributed by atoms with Crippen molar-refractivity contribution in [1.29, 1.82) is 0 Å². The SMILES string of the molecule is CC1(C)c2cc(N(c3ccc(-c4ccccc4)cc3)c3ccc4c(c3)oc3ccc5ccccc5c34)ccc2-c2ccc(N3c4ccccc4Cc4c3n(-c3ccccc3)c3ccccc43)cc21. The number of fused-ring (bicyclic) bond motifs is 12. The van der Waals surface area contributed by atoms with E-state index in [1.807, 2.05) is 0 Å². The molecule has 68 heavy (non-hydrogen) atoms. The molecule has 4 heteroatoms. The number of hydrogen-bond acceptors (Lipinski definition) is 3. The number of furan rings is 1. The third kappa shape index (κ3) is 5.74. The van der Waals surface area contributed by atoms with Crippen LogP contribution in [0.4, 0.5) is 34.3 Å². The molecule has 0 N–H and O–H groups in total. The van der Waals surface area contributed by atoms with E-state index in [4.69, 9.17) is 4.42 Å². The molecule has 1 aliphatic carbocycles. The van der Waals surface area contributed by atoms with Crippen molar-refractivity contribution in [2.24, 2.45) is 0 Å². The summed E-state index contributed by atoms with van der Waals surface area (Å²) in [7, 11) is 0. The molecular weight excluding hydrogens is 827 g/mol. The van der Waals surface area contributed by atoms with Gasteiger partial charge in [0.2, 0.25) is 0 Å². The van der Waals surface area contributed by atoms with Gasteiger partial charge in [0.15, 0.2) is 0 Å². The molecule has 2 aliphatic rings. The molecule has 0 amide bonds. The molecular formula is C64H45N3O. The van der Waals surface area contributed by atoms with Gasteiger partial charge in [-0.25, -0.2) is 0 Å². The highest BCUT2D eigenvalue weighted by Crippen LogP contribution is 2.55. The Bertz CT molecular complexity index is 3970. The Balaban J connectivity index is 0.911. The first kappa shape index (κ1) is 38.6. The number of para-hydroxylation sites is 3. The maximum Gasteiger partial charge on any atom is 0.137 e. The molecule has 0 bridgehead atoms. The molecule has 0 spiro atoms. The quantitative estimate of drug-likeness (QED) is 0.166. The van der Waals surface area contributed by atoms with E-state index in [0.717, 1.165) is 56.8 Å². The van der Waals surface area contributed by atoms with Crippen molar-refractivity contribution in [3.63, 3.8) is 0 Å². The smallest absolute Gasteiger partial charge is 0.137 e. The maximum absolute atomic E-state index is 6.67. The highest BCUT2D eigenvalue weighted by Gasteiger charge is 2.38. The summed E-state index contributed by atoms with van der Waals surface area (Å²) >= 11 is 0. The van der Waals surface area contributed by atoms with Crippen molar-refractivity contribution in [3.8, 4) is 27.9 Å². The van der Waals surface area contributed by atoms with E-state index in [9.17, 15) is 0 Å². The minimum atomic E-state index is -0.298. The zero-order chi connectivity index (χ0) is 45.1. The Morgan fingerprint density at radius 3 is 1.96 bits per heavy atom. The predicted octanol–water partition coefficient (Wildman–Crippen LogP) is 17.5. The molecule has 2 aromatic heterocycles. The summed E-state index contributed by atoms with van der Waals surface area (Å²) in [6.45, 7) is 4.79. The molecule has 4 nitrogen and oxygen atoms in total. The predicted molar refractivity (Wildman–Crippen MR) is 283 cm³/mol. The molecule has 0 fully saturated rings. The fourth-order valence-electron chi connectivity index (χ4n) is 11.5. The van der Waals surface area contributed by atoms with Gasteiger partial charge in [0.25, 0.3) is 0 Å². The van der Waals surface area contributed by atoms with E-state index in [-0.39, 0.29) is 5.41 Å². The third-order valence-corrected chi connectivity index (χ3v) is 14.8. The highest BCUT2D eigenvalue weighted by atomic mass is 16.3. The van der Waals surface area contributed by atoms with Crippen LogP contribution in [0.2, 0.25) is 0 Å². The van der Waals surface area contributed by atoms with Gasteiger partial charge in [-0.2, -0.15) is 0 Å². The fraction of sp³-hybridized carbons (Fsp3) is 0.0625. The second kappa shape index (κ2) is 14.7. The van der Waals surface area contributed by atoms with E-state index < -0.39 is 0 Å². The van der Waals surface area contributed by atoms with Crippen LogP contribution in [0.25, 0.3) is 71.6 Å². The molecule has 10 aromatic carbocycles. The summed E-state index contributed by atoms with van der Waals surface area (Å²) in [5.74, 6) is 1.20. The second-order valence-corrected chi connectivity index (χ2v) is 18.9. The van der Waals surface area contributed by atoms with Gasteiger partial charge in [0.05, 0.1) is 11.2 Å². The van der Waals surface area contributed by atoms with Crippen LogP contribution in [0.3, 0.4) is 0 Å². The highest BCUT2D eigenvalue weighted by molar-refractivity contribution is 6.19. The summed E-state index contributed by atoms with van der Waals surface area (Å²) < 4.78 is 9.14. The minimum absolute atomic E-state index is 0.298. The van der Waals surface area contributed by atoms with Crippen molar-refractivity contribution >= 4 is 77.9 Å². The molecule has 3 heterocycles. The molecule has 0 atom stereocenters. The topological polar surface area (TPSA) is 24.6 Å². The Kier molecular flexibility index (Phi) is 8.36. The molecule has 0 radical (unpaired) electrons. The van der Waals surface area contributed by atoms with Crippen molar-refractivity contribution in [2.45, 2.75) is 25.7 Å². The Hall–Kier alpha value is -8.60. The Morgan fingerprint density at radius 1 is 0.471 bits per heavy atom. The van der Waals surface area contributed by atoms with E-state index in [0.29, 0.717) is 0 Å². The molecule has 0 saturated carbocycles. The summed E-state index contributed by atoms with van der Waals surface area (Å²) in [5, 5.41) is 5.98. The lowest BCUT2D eigenvalue weighted by Crippen LogP contribution is -2.22. The van der Waals surface area contributed by atoms with Crippen LogP contribution in [-0.4, -0.2) is 4.57 Å². The van der Waals surface area contributed by atoms with Gasteiger partial charge in [0, 0.05) is 68.1 Å². The number of benzene rings is 10. The first-order valence-electron chi connectivity index (χ1n) is 23.6. The fourth-order valence-corrected chi connectivity index (χ4v) is 11.5. The zero-order valence-electron chi connectivity index (χ0n) is 37.8. The summed E-state index contributed by atoms with van der Waals surface area (Å²) in [5.41, 5.74) is 19.7. The molecule has 322 valence electrons. The van der Waals surface area contributed by atoms with Crippen molar-refractivity contribution in [3.05, 3.63) is 247 Å². The summed E-state index contributed by atoms with van der Waals surface area (Å²) in [4.78, 5) is 4.91. The molecule has 0 unspecified atom stereocenters. The van der Waals surface area contributed by atoms with Crippen LogP contribution in [0.15, 0.2) is 229 Å². The first-order chi connectivity index (χ1) is 33.5. The number of nitrogens with zero attached hydrogens (tertiary/aromatic N) is 3. The lowest BCUT2D eigenvalue weighted by molar-refractivity contribution is 0.660. The monoisotopic (exact) mass is 871 g/mol. The van der Waals surface area contributed by atoms with Crippen molar-refractivity contribution in [1.82, 2.24) is 4.57 Å². The van der Waals surface area contributed by atoms with Crippen LogP contribution in [0.5, 0.6) is 0 Å². The van der Waals surface area contributed by atoms with E-state index in [1.165, 1.54) is 77.7 Å². The summed E-state index contributed by atoms with van der Waals surface area (Å²) in [6, 6.07) is 82.0.